The smallest absolute Gasteiger partial charge is 0.253 e. The van der Waals surface area contributed by atoms with E-state index in [0.717, 1.165) is 5.56 Å². The predicted molar refractivity (Wildman–Crippen MR) is 79.7 cm³/mol. The normalized spacial score (nSPS) is 9.71. The van der Waals surface area contributed by atoms with Gasteiger partial charge in [0.25, 0.3) is 5.91 Å². The lowest BCUT2D eigenvalue weighted by molar-refractivity contribution is 0.0952. The molecule has 0 aromatic heterocycles. The summed E-state index contributed by atoms with van der Waals surface area (Å²) in [6.07, 6.45) is 0. The van der Waals surface area contributed by atoms with Gasteiger partial charge in [0.05, 0.1) is 24.3 Å². The van der Waals surface area contributed by atoms with Crippen LogP contribution in [-0.2, 0) is 6.54 Å². The molecule has 106 valence electrons. The van der Waals surface area contributed by atoms with Crippen molar-refractivity contribution >= 4 is 11.6 Å². The number of rotatable bonds is 4. The minimum absolute atomic E-state index is 0.250. The molecule has 0 saturated carbocycles. The van der Waals surface area contributed by atoms with Crippen LogP contribution < -0.4 is 15.8 Å². The Hall–Kier alpha value is -3.00. The van der Waals surface area contributed by atoms with Gasteiger partial charge in [-0.15, -0.1) is 0 Å². The summed E-state index contributed by atoms with van der Waals surface area (Å²) in [5.41, 5.74) is 8.10. The highest BCUT2D eigenvalue weighted by atomic mass is 16.5. The van der Waals surface area contributed by atoms with E-state index in [2.05, 4.69) is 5.32 Å². The Labute approximate surface area is 123 Å². The molecule has 2 aromatic rings. The summed E-state index contributed by atoms with van der Waals surface area (Å²) in [7, 11) is 1.54. The average molecular weight is 281 g/mol. The number of carbonyl (C=O) groups is 1. The number of nitrogens with two attached hydrogens (primary N) is 1. The molecule has 0 unspecified atom stereocenters. The maximum absolute atomic E-state index is 12.1. The van der Waals surface area contributed by atoms with E-state index in [1.807, 2.05) is 6.07 Å². The average Bonchev–Trinajstić information content (AvgIpc) is 2.52. The third-order valence-electron chi connectivity index (χ3n) is 3.04. The molecular weight excluding hydrogens is 266 g/mol. The number of carbonyl (C=O) groups excluding carboxylic acids is 1. The zero-order chi connectivity index (χ0) is 15.2. The first-order valence-corrected chi connectivity index (χ1v) is 6.35. The largest absolute Gasteiger partial charge is 0.497 e. The van der Waals surface area contributed by atoms with E-state index in [1.165, 1.54) is 0 Å². The van der Waals surface area contributed by atoms with E-state index in [9.17, 15) is 4.79 Å². The molecule has 5 nitrogen and oxygen atoms in total. The second-order valence-electron chi connectivity index (χ2n) is 4.44. The van der Waals surface area contributed by atoms with Crippen LogP contribution in [0.25, 0.3) is 0 Å². The van der Waals surface area contributed by atoms with Crippen molar-refractivity contribution in [1.29, 1.82) is 5.26 Å². The number of ether oxygens (including phenoxy) is 1. The summed E-state index contributed by atoms with van der Waals surface area (Å²) >= 11 is 0. The van der Waals surface area contributed by atoms with Crippen molar-refractivity contribution in [3.05, 3.63) is 59.2 Å². The van der Waals surface area contributed by atoms with E-state index in [0.29, 0.717) is 29.1 Å². The molecule has 0 aliphatic carbocycles. The lowest BCUT2D eigenvalue weighted by atomic mass is 10.1. The molecule has 5 heteroatoms. The van der Waals surface area contributed by atoms with E-state index in [1.54, 1.807) is 49.6 Å². The van der Waals surface area contributed by atoms with Crippen LogP contribution in [0.3, 0.4) is 0 Å². The van der Waals surface area contributed by atoms with E-state index >= 15 is 0 Å². The van der Waals surface area contributed by atoms with Gasteiger partial charge >= 0.3 is 0 Å². The first kappa shape index (κ1) is 14.4. The van der Waals surface area contributed by atoms with Crippen LogP contribution in [-0.4, -0.2) is 13.0 Å². The summed E-state index contributed by atoms with van der Waals surface area (Å²) in [6.45, 7) is 0.371. The third kappa shape index (κ3) is 3.51. The molecule has 0 fully saturated rings. The van der Waals surface area contributed by atoms with Crippen LogP contribution in [0.5, 0.6) is 5.75 Å². The highest BCUT2D eigenvalue weighted by Gasteiger charge is 2.10. The molecule has 0 heterocycles. The summed E-state index contributed by atoms with van der Waals surface area (Å²) in [5.74, 6) is 0.357. The van der Waals surface area contributed by atoms with Gasteiger partial charge in [-0.1, -0.05) is 12.1 Å². The summed E-state index contributed by atoms with van der Waals surface area (Å²) in [6, 6.07) is 14.0. The van der Waals surface area contributed by atoms with Crippen molar-refractivity contribution in [2.45, 2.75) is 6.54 Å². The number of nitrogen functional groups attached to an aromatic ring is 1. The van der Waals surface area contributed by atoms with Gasteiger partial charge in [-0.05, 0) is 29.8 Å². The zero-order valence-electron chi connectivity index (χ0n) is 11.6. The second kappa shape index (κ2) is 6.44. The van der Waals surface area contributed by atoms with Gasteiger partial charge in [0.2, 0.25) is 0 Å². The fourth-order valence-electron chi connectivity index (χ4n) is 1.85. The lowest BCUT2D eigenvalue weighted by Gasteiger charge is -2.09. The molecule has 0 aliphatic heterocycles. The quantitative estimate of drug-likeness (QED) is 0.840. The number of nitrogens with zero attached hydrogens (tertiary/aromatic N) is 1. The van der Waals surface area contributed by atoms with Crippen molar-refractivity contribution in [3.63, 3.8) is 0 Å². The maximum atomic E-state index is 12.1. The number of amides is 1. The van der Waals surface area contributed by atoms with Crippen LogP contribution >= 0.6 is 0 Å². The van der Waals surface area contributed by atoms with Gasteiger partial charge in [0, 0.05) is 18.3 Å². The fraction of sp³-hybridized carbons (Fsp3) is 0.125. The summed E-state index contributed by atoms with van der Waals surface area (Å²) in [4.78, 5) is 12.1. The molecule has 1 amide bonds. The Kier molecular flexibility index (Phi) is 4.42. The monoisotopic (exact) mass is 281 g/mol. The van der Waals surface area contributed by atoms with Crippen LogP contribution in [0.4, 0.5) is 5.69 Å². The van der Waals surface area contributed by atoms with Crippen LogP contribution in [0.15, 0.2) is 42.5 Å². The number of hydrogen-bond acceptors (Lipinski definition) is 4. The van der Waals surface area contributed by atoms with Crippen molar-refractivity contribution in [2.75, 3.05) is 12.8 Å². The van der Waals surface area contributed by atoms with Gasteiger partial charge in [-0.25, -0.2) is 0 Å². The molecule has 0 radical (unpaired) electrons. The number of anilines is 1. The number of benzene rings is 2. The molecule has 2 aromatic carbocycles. The topological polar surface area (TPSA) is 88.1 Å². The Bertz CT molecular complexity index is 688. The molecule has 2 rings (SSSR count). The Balaban J connectivity index is 2.02. The number of hydrogen-bond donors (Lipinski definition) is 2. The molecule has 3 N–H and O–H groups in total. The van der Waals surface area contributed by atoms with Gasteiger partial charge in [-0.3, -0.25) is 4.79 Å². The minimum atomic E-state index is -0.250. The third-order valence-corrected chi connectivity index (χ3v) is 3.04. The Morgan fingerprint density at radius 2 is 2.00 bits per heavy atom. The van der Waals surface area contributed by atoms with Gasteiger partial charge in [0.1, 0.15) is 5.75 Å². The van der Waals surface area contributed by atoms with E-state index in [4.69, 9.17) is 15.7 Å². The van der Waals surface area contributed by atoms with Crippen molar-refractivity contribution in [1.82, 2.24) is 5.32 Å². The first-order chi connectivity index (χ1) is 10.1. The summed E-state index contributed by atoms with van der Waals surface area (Å²) < 4.78 is 5.04. The number of methoxy groups -OCH3 is 1. The standard InChI is InChI=1S/C16H15N3O2/c1-21-13-6-7-14(15(18)8-13)16(20)19-10-12-4-2-11(9-17)3-5-12/h2-8H,10,18H2,1H3,(H,19,20). The van der Waals surface area contributed by atoms with Gasteiger partial charge in [0.15, 0.2) is 0 Å². The van der Waals surface area contributed by atoms with E-state index in [-0.39, 0.29) is 5.91 Å². The van der Waals surface area contributed by atoms with Crippen LogP contribution in [0, 0.1) is 11.3 Å². The Morgan fingerprint density at radius 1 is 1.29 bits per heavy atom. The number of nitrogens with one attached hydrogen (secondary N) is 1. The molecule has 0 atom stereocenters. The SMILES string of the molecule is COc1ccc(C(=O)NCc2ccc(C#N)cc2)c(N)c1. The van der Waals surface area contributed by atoms with Crippen LogP contribution in [0.1, 0.15) is 21.5 Å². The highest BCUT2D eigenvalue weighted by Crippen LogP contribution is 2.19. The predicted octanol–water partition coefficient (Wildman–Crippen LogP) is 2.08. The van der Waals surface area contributed by atoms with E-state index < -0.39 is 0 Å². The van der Waals surface area contributed by atoms with Crippen LogP contribution in [0.2, 0.25) is 0 Å². The lowest BCUT2D eigenvalue weighted by Crippen LogP contribution is -2.23. The molecule has 0 saturated heterocycles. The molecule has 0 aliphatic rings. The summed E-state index contributed by atoms with van der Waals surface area (Å²) in [5, 5.41) is 11.5. The Morgan fingerprint density at radius 3 is 2.57 bits per heavy atom. The zero-order valence-corrected chi connectivity index (χ0v) is 11.6. The molecular formula is C16H15N3O2. The highest BCUT2D eigenvalue weighted by molar-refractivity contribution is 5.99. The molecule has 0 bridgehead atoms. The fourth-order valence-corrected chi connectivity index (χ4v) is 1.85. The minimum Gasteiger partial charge on any atom is -0.497 e. The van der Waals surface area contributed by atoms with Crippen molar-refractivity contribution < 1.29 is 9.53 Å². The van der Waals surface area contributed by atoms with Crippen molar-refractivity contribution in [3.8, 4) is 11.8 Å². The first-order valence-electron chi connectivity index (χ1n) is 6.35. The molecule has 0 spiro atoms. The number of nitriles is 1. The van der Waals surface area contributed by atoms with Gasteiger partial charge in [-0.2, -0.15) is 5.26 Å². The van der Waals surface area contributed by atoms with Crippen molar-refractivity contribution in [2.24, 2.45) is 0 Å². The van der Waals surface area contributed by atoms with Gasteiger partial charge < -0.3 is 15.8 Å². The second-order valence-corrected chi connectivity index (χ2v) is 4.44. The molecule has 21 heavy (non-hydrogen) atoms. The maximum Gasteiger partial charge on any atom is 0.253 e.